The monoisotopic (exact) mass is 295 g/mol. The maximum absolute atomic E-state index is 4.83. The summed E-state index contributed by atoms with van der Waals surface area (Å²) in [6, 6.07) is 0.717. The van der Waals surface area contributed by atoms with Crippen LogP contribution in [-0.4, -0.2) is 23.1 Å². The molecule has 0 bridgehead atoms. The Morgan fingerprint density at radius 2 is 1.95 bits per heavy atom. The zero-order valence-corrected chi connectivity index (χ0v) is 14.4. The van der Waals surface area contributed by atoms with Crippen molar-refractivity contribution in [2.45, 2.75) is 78.4 Å². The molecule has 0 atom stereocenters. The van der Waals surface area contributed by atoms with Gasteiger partial charge in [0.2, 0.25) is 0 Å². The van der Waals surface area contributed by atoms with E-state index in [1.54, 1.807) is 0 Å². The molecule has 1 saturated carbocycles. The third kappa shape index (κ3) is 3.95. The van der Waals surface area contributed by atoms with Gasteiger partial charge < -0.3 is 10.2 Å². The molecule has 0 amide bonds. The van der Waals surface area contributed by atoms with Gasteiger partial charge in [-0.1, -0.05) is 12.8 Å². The molecule has 0 saturated heterocycles. The molecule has 1 aromatic heterocycles. The Morgan fingerprint density at radius 1 is 1.30 bits per heavy atom. The maximum atomic E-state index is 4.83. The number of nitrogens with zero attached hydrogens (tertiary/aromatic N) is 2. The molecule has 1 aliphatic rings. The molecule has 3 nitrogen and oxygen atoms in total. The second kappa shape index (κ2) is 6.44. The lowest BCUT2D eigenvalue weighted by Gasteiger charge is -2.27. The van der Waals surface area contributed by atoms with Gasteiger partial charge in [0.25, 0.3) is 0 Å². The van der Waals surface area contributed by atoms with E-state index in [0.717, 1.165) is 13.1 Å². The molecule has 0 aromatic carbocycles. The van der Waals surface area contributed by atoms with Crippen molar-refractivity contribution in [1.29, 1.82) is 0 Å². The molecule has 114 valence electrons. The predicted octanol–water partition coefficient (Wildman–Crippen LogP) is 4.11. The van der Waals surface area contributed by atoms with E-state index < -0.39 is 0 Å². The largest absolute Gasteiger partial charge is 0.345 e. The SMILES string of the molecule is CCN(c1nc(C)c(CNC(C)(C)C)s1)C1CCCC1. The fraction of sp³-hybridized carbons (Fsp3) is 0.812. The summed E-state index contributed by atoms with van der Waals surface area (Å²) in [5.41, 5.74) is 1.35. The lowest BCUT2D eigenvalue weighted by Crippen LogP contribution is -2.35. The minimum absolute atomic E-state index is 0.159. The molecule has 1 fully saturated rings. The summed E-state index contributed by atoms with van der Waals surface area (Å²) >= 11 is 1.87. The molecule has 0 radical (unpaired) electrons. The Bertz CT molecular complexity index is 427. The standard InChI is InChI=1S/C16H29N3S/c1-6-19(13-9-7-8-10-13)15-18-12(2)14(20-15)11-17-16(3,4)5/h13,17H,6-11H2,1-5H3. The summed E-state index contributed by atoms with van der Waals surface area (Å²) in [4.78, 5) is 8.73. The van der Waals surface area contributed by atoms with E-state index in [2.05, 4.69) is 44.8 Å². The van der Waals surface area contributed by atoms with Crippen LogP contribution in [0, 0.1) is 6.92 Å². The highest BCUT2D eigenvalue weighted by Gasteiger charge is 2.24. The number of aromatic nitrogens is 1. The van der Waals surface area contributed by atoms with E-state index in [4.69, 9.17) is 4.98 Å². The van der Waals surface area contributed by atoms with Crippen LogP contribution in [0.4, 0.5) is 5.13 Å². The smallest absolute Gasteiger partial charge is 0.186 e. The third-order valence-electron chi connectivity index (χ3n) is 4.01. The first-order valence-electron chi connectivity index (χ1n) is 7.88. The van der Waals surface area contributed by atoms with E-state index in [-0.39, 0.29) is 5.54 Å². The fourth-order valence-corrected chi connectivity index (χ4v) is 3.95. The van der Waals surface area contributed by atoms with Gasteiger partial charge in [-0.05, 0) is 47.5 Å². The van der Waals surface area contributed by atoms with Crippen molar-refractivity contribution < 1.29 is 0 Å². The zero-order valence-electron chi connectivity index (χ0n) is 13.6. The molecular weight excluding hydrogens is 266 g/mol. The third-order valence-corrected chi connectivity index (χ3v) is 5.21. The fourth-order valence-electron chi connectivity index (χ4n) is 2.81. The molecule has 0 aliphatic heterocycles. The molecule has 0 unspecified atom stereocenters. The van der Waals surface area contributed by atoms with Crippen molar-refractivity contribution in [2.75, 3.05) is 11.4 Å². The molecule has 4 heteroatoms. The summed E-state index contributed by atoms with van der Waals surface area (Å²) in [6.45, 7) is 13.0. The Morgan fingerprint density at radius 3 is 2.50 bits per heavy atom. The van der Waals surface area contributed by atoms with Crippen molar-refractivity contribution >= 4 is 16.5 Å². The number of thiazole rings is 1. The van der Waals surface area contributed by atoms with Crippen LogP contribution in [0.2, 0.25) is 0 Å². The molecule has 1 aliphatic carbocycles. The topological polar surface area (TPSA) is 28.2 Å². The van der Waals surface area contributed by atoms with Crippen LogP contribution in [0.3, 0.4) is 0 Å². The van der Waals surface area contributed by atoms with Gasteiger partial charge in [0, 0.05) is 29.5 Å². The Kier molecular flexibility index (Phi) is 5.08. The molecule has 0 spiro atoms. The average Bonchev–Trinajstić information content (AvgIpc) is 2.97. The van der Waals surface area contributed by atoms with Crippen LogP contribution in [0.5, 0.6) is 0 Å². The van der Waals surface area contributed by atoms with Crippen LogP contribution in [0.25, 0.3) is 0 Å². The van der Waals surface area contributed by atoms with Gasteiger partial charge in [0.05, 0.1) is 5.69 Å². The normalized spacial score (nSPS) is 16.9. The van der Waals surface area contributed by atoms with Gasteiger partial charge in [0.15, 0.2) is 5.13 Å². The van der Waals surface area contributed by atoms with Crippen LogP contribution in [0.15, 0.2) is 0 Å². The molecule has 1 N–H and O–H groups in total. The minimum Gasteiger partial charge on any atom is -0.345 e. The lowest BCUT2D eigenvalue weighted by molar-refractivity contribution is 0.425. The van der Waals surface area contributed by atoms with Gasteiger partial charge in [-0.25, -0.2) is 4.98 Å². The first-order valence-corrected chi connectivity index (χ1v) is 8.70. The van der Waals surface area contributed by atoms with E-state index in [1.165, 1.54) is 41.4 Å². The summed E-state index contributed by atoms with van der Waals surface area (Å²) in [6.07, 6.45) is 5.43. The van der Waals surface area contributed by atoms with Crippen LogP contribution >= 0.6 is 11.3 Å². The lowest BCUT2D eigenvalue weighted by atomic mass is 10.1. The van der Waals surface area contributed by atoms with Gasteiger partial charge in [0.1, 0.15) is 0 Å². The van der Waals surface area contributed by atoms with Crippen molar-refractivity contribution in [2.24, 2.45) is 0 Å². The molecular formula is C16H29N3S. The second-order valence-corrected chi connectivity index (χ2v) is 7.89. The minimum atomic E-state index is 0.159. The second-order valence-electron chi connectivity index (χ2n) is 6.83. The highest BCUT2D eigenvalue weighted by Crippen LogP contribution is 2.32. The Balaban J connectivity index is 2.08. The van der Waals surface area contributed by atoms with E-state index in [1.807, 2.05) is 11.3 Å². The number of rotatable bonds is 5. The summed E-state index contributed by atoms with van der Waals surface area (Å²) in [7, 11) is 0. The van der Waals surface area contributed by atoms with E-state index in [9.17, 15) is 0 Å². The molecule has 1 heterocycles. The van der Waals surface area contributed by atoms with Crippen LogP contribution in [0.1, 0.15) is 63.9 Å². The van der Waals surface area contributed by atoms with E-state index >= 15 is 0 Å². The zero-order chi connectivity index (χ0) is 14.8. The molecule has 1 aromatic rings. The van der Waals surface area contributed by atoms with Crippen LogP contribution in [-0.2, 0) is 6.54 Å². The van der Waals surface area contributed by atoms with Crippen molar-refractivity contribution in [3.63, 3.8) is 0 Å². The number of nitrogens with one attached hydrogen (secondary N) is 1. The first kappa shape index (κ1) is 15.8. The van der Waals surface area contributed by atoms with Gasteiger partial charge in [-0.2, -0.15) is 0 Å². The highest BCUT2D eigenvalue weighted by molar-refractivity contribution is 7.15. The highest BCUT2D eigenvalue weighted by atomic mass is 32.1. The number of hydrogen-bond donors (Lipinski definition) is 1. The van der Waals surface area contributed by atoms with E-state index in [0.29, 0.717) is 6.04 Å². The van der Waals surface area contributed by atoms with Crippen molar-refractivity contribution in [3.05, 3.63) is 10.6 Å². The Hall–Kier alpha value is -0.610. The summed E-state index contributed by atoms with van der Waals surface area (Å²) in [5, 5.41) is 4.80. The molecule has 20 heavy (non-hydrogen) atoms. The van der Waals surface area contributed by atoms with Crippen LogP contribution < -0.4 is 10.2 Å². The number of aryl methyl sites for hydroxylation is 1. The van der Waals surface area contributed by atoms with Gasteiger partial charge in [-0.15, -0.1) is 11.3 Å². The average molecular weight is 295 g/mol. The predicted molar refractivity (Wildman–Crippen MR) is 88.7 cm³/mol. The summed E-state index contributed by atoms with van der Waals surface area (Å²) < 4.78 is 0. The van der Waals surface area contributed by atoms with Crippen molar-refractivity contribution in [1.82, 2.24) is 10.3 Å². The number of hydrogen-bond acceptors (Lipinski definition) is 4. The Labute approximate surface area is 127 Å². The summed E-state index contributed by atoms with van der Waals surface area (Å²) in [5.74, 6) is 0. The maximum Gasteiger partial charge on any atom is 0.186 e. The molecule has 2 rings (SSSR count). The van der Waals surface area contributed by atoms with Gasteiger partial charge >= 0.3 is 0 Å². The van der Waals surface area contributed by atoms with Crippen molar-refractivity contribution in [3.8, 4) is 0 Å². The first-order chi connectivity index (χ1) is 9.40. The number of anilines is 1. The van der Waals surface area contributed by atoms with Gasteiger partial charge in [-0.3, -0.25) is 0 Å². The quantitative estimate of drug-likeness (QED) is 0.886.